The fourth-order valence-corrected chi connectivity index (χ4v) is 5.78. The van der Waals surface area contributed by atoms with E-state index in [-0.39, 0.29) is 29.8 Å². The minimum atomic E-state index is -1.65. The van der Waals surface area contributed by atoms with E-state index in [1.54, 1.807) is 12.1 Å². The van der Waals surface area contributed by atoms with E-state index in [1.807, 2.05) is 0 Å². The second kappa shape index (κ2) is 15.8. The van der Waals surface area contributed by atoms with E-state index in [9.17, 15) is 32.7 Å². The number of benzene rings is 2. The molecule has 7 nitrogen and oxygen atoms in total. The van der Waals surface area contributed by atoms with Crippen molar-refractivity contribution in [1.82, 2.24) is 15.2 Å². The molecule has 1 aromatic heterocycles. The average Bonchev–Trinajstić information content (AvgIpc) is 3.35. The number of nitrogens with one attached hydrogen (secondary N) is 2. The number of hydrogen-bond acceptors (Lipinski definition) is 3. The normalized spacial score (nSPS) is 19.2. The Labute approximate surface area is 259 Å². The van der Waals surface area contributed by atoms with Gasteiger partial charge in [0.25, 0.3) is 0 Å². The number of hydrogen-bond donors (Lipinski definition) is 3. The molecule has 44 heavy (non-hydrogen) atoms. The number of allylic oxidation sites excluding steroid dienone is 2. The Morgan fingerprint density at radius 3 is 2.23 bits per heavy atom. The fourth-order valence-electron chi connectivity index (χ4n) is 5.61. The van der Waals surface area contributed by atoms with E-state index in [1.165, 1.54) is 6.07 Å². The van der Waals surface area contributed by atoms with E-state index < -0.39 is 47.8 Å². The zero-order chi connectivity index (χ0) is 31.6. The number of halogens is 4. The zero-order valence-corrected chi connectivity index (χ0v) is 25.2. The molecule has 4 rings (SSSR count). The molecule has 0 saturated heterocycles. The van der Waals surface area contributed by atoms with Crippen LogP contribution >= 0.6 is 11.6 Å². The van der Waals surface area contributed by atoms with E-state index >= 15 is 0 Å². The van der Waals surface area contributed by atoms with Crippen LogP contribution in [0.1, 0.15) is 98.3 Å². The summed E-state index contributed by atoms with van der Waals surface area (Å²) in [6, 6.07) is 4.67. The summed E-state index contributed by atoms with van der Waals surface area (Å²) in [5.41, 5.74) is -0.0491. The Bertz CT molecular complexity index is 1500. The topological polar surface area (TPSA) is 102 Å². The van der Waals surface area contributed by atoms with Gasteiger partial charge >= 0.3 is 5.97 Å². The van der Waals surface area contributed by atoms with Gasteiger partial charge in [0.2, 0.25) is 11.8 Å². The molecule has 0 radical (unpaired) electrons. The SMILES string of the molecule is O=C(O)c1[nH]c2cc(Cl)ccc2c1C1C(=O)NCCCCCCCC/C=C/CCCCC(=O)N1Cc1cc(F)c(F)c(F)c1. The van der Waals surface area contributed by atoms with Gasteiger partial charge in [-0.15, -0.1) is 0 Å². The number of nitrogens with zero attached hydrogens (tertiary/aromatic N) is 1. The number of H-pyrrole nitrogens is 1. The van der Waals surface area contributed by atoms with Crippen molar-refractivity contribution < 1.29 is 32.7 Å². The third kappa shape index (κ3) is 8.43. The van der Waals surface area contributed by atoms with Crippen molar-refractivity contribution in [2.24, 2.45) is 0 Å². The molecule has 0 spiro atoms. The lowest BCUT2D eigenvalue weighted by Gasteiger charge is -2.32. The van der Waals surface area contributed by atoms with Crippen LogP contribution in [0.15, 0.2) is 42.5 Å². The third-order valence-corrected chi connectivity index (χ3v) is 8.07. The molecule has 0 bridgehead atoms. The molecule has 0 fully saturated rings. The first-order valence-corrected chi connectivity index (χ1v) is 15.4. The molecule has 1 aliphatic heterocycles. The van der Waals surface area contributed by atoms with Crippen LogP contribution in [-0.2, 0) is 16.1 Å². The van der Waals surface area contributed by atoms with Gasteiger partial charge in [0, 0.05) is 41.0 Å². The van der Waals surface area contributed by atoms with Crippen LogP contribution in [0.3, 0.4) is 0 Å². The number of carboxylic acid groups (broad SMARTS) is 1. The zero-order valence-electron chi connectivity index (χ0n) is 24.4. The van der Waals surface area contributed by atoms with Gasteiger partial charge in [-0.2, -0.15) is 0 Å². The molecule has 1 aliphatic rings. The quantitative estimate of drug-likeness (QED) is 0.201. The van der Waals surface area contributed by atoms with Crippen molar-refractivity contribution in [3.63, 3.8) is 0 Å². The number of aromatic amines is 1. The van der Waals surface area contributed by atoms with Gasteiger partial charge in [0.1, 0.15) is 11.7 Å². The van der Waals surface area contributed by atoms with Gasteiger partial charge < -0.3 is 20.3 Å². The van der Waals surface area contributed by atoms with E-state index in [2.05, 4.69) is 22.5 Å². The summed E-state index contributed by atoms with van der Waals surface area (Å²) in [5, 5.41) is 13.7. The minimum Gasteiger partial charge on any atom is -0.477 e. The second-order valence-corrected chi connectivity index (χ2v) is 11.6. The number of fused-ring (bicyclic) bond motifs is 1. The molecule has 0 aliphatic carbocycles. The van der Waals surface area contributed by atoms with Gasteiger partial charge in [-0.3, -0.25) is 9.59 Å². The van der Waals surface area contributed by atoms with Crippen molar-refractivity contribution in [3.05, 3.63) is 81.8 Å². The van der Waals surface area contributed by atoms with Crippen LogP contribution in [0.25, 0.3) is 10.9 Å². The van der Waals surface area contributed by atoms with Crippen LogP contribution in [0, 0.1) is 17.5 Å². The van der Waals surface area contributed by atoms with E-state index in [4.69, 9.17) is 11.6 Å². The summed E-state index contributed by atoms with van der Waals surface area (Å²) in [6.07, 6.45) is 13.0. The van der Waals surface area contributed by atoms with Gasteiger partial charge in [-0.1, -0.05) is 55.5 Å². The van der Waals surface area contributed by atoms with Crippen molar-refractivity contribution in [2.75, 3.05) is 6.54 Å². The first-order chi connectivity index (χ1) is 21.2. The maximum Gasteiger partial charge on any atom is 0.352 e. The monoisotopic (exact) mass is 631 g/mol. The molecule has 1 unspecified atom stereocenters. The van der Waals surface area contributed by atoms with Gasteiger partial charge in [-0.25, -0.2) is 18.0 Å². The van der Waals surface area contributed by atoms with Crippen LogP contribution in [-0.4, -0.2) is 39.3 Å². The average molecular weight is 632 g/mol. The predicted molar refractivity (Wildman–Crippen MR) is 163 cm³/mol. The van der Waals surface area contributed by atoms with Crippen molar-refractivity contribution in [1.29, 1.82) is 0 Å². The fraction of sp³-hybridized carbons (Fsp3) is 0.424. The Morgan fingerprint density at radius 2 is 1.55 bits per heavy atom. The van der Waals surface area contributed by atoms with E-state index in [0.29, 0.717) is 35.2 Å². The molecule has 0 saturated carbocycles. The Morgan fingerprint density at radius 1 is 0.909 bits per heavy atom. The first kappa shape index (κ1) is 33.1. The van der Waals surface area contributed by atoms with Crippen molar-refractivity contribution in [2.45, 2.75) is 83.2 Å². The van der Waals surface area contributed by atoms with Gasteiger partial charge in [-0.05, 0) is 68.4 Å². The lowest BCUT2D eigenvalue weighted by atomic mass is 9.98. The highest BCUT2D eigenvalue weighted by molar-refractivity contribution is 6.31. The standard InChI is InChI=1S/C33H37ClF3N3O4/c34-22-14-15-23-26(19-22)39-30(33(43)44)28(23)31-32(42)38-16-12-10-8-6-4-2-1-3-5-7-9-11-13-27(41)40(31)20-21-17-24(35)29(37)25(36)18-21/h3,5,14-15,17-19,31,39H,1-2,4,6-13,16,20H2,(H,38,42)(H,43,44)/b5-3+. The molecule has 3 N–H and O–H groups in total. The molecular weight excluding hydrogens is 595 g/mol. The maximum atomic E-state index is 14.3. The number of carbonyl (C=O) groups is 3. The Hall–Kier alpha value is -3.79. The highest BCUT2D eigenvalue weighted by atomic mass is 35.5. The second-order valence-electron chi connectivity index (χ2n) is 11.1. The summed E-state index contributed by atoms with van der Waals surface area (Å²) >= 11 is 6.16. The number of rotatable bonds is 4. The van der Waals surface area contributed by atoms with Crippen molar-refractivity contribution >= 4 is 40.3 Å². The summed E-state index contributed by atoms with van der Waals surface area (Å²) in [7, 11) is 0. The molecule has 2 heterocycles. The first-order valence-electron chi connectivity index (χ1n) is 15.1. The predicted octanol–water partition coefficient (Wildman–Crippen LogP) is 7.98. The molecule has 3 aromatic rings. The Kier molecular flexibility index (Phi) is 11.9. The largest absolute Gasteiger partial charge is 0.477 e. The number of carbonyl (C=O) groups excluding carboxylic acids is 2. The molecular formula is C33H37ClF3N3O4. The van der Waals surface area contributed by atoms with Crippen molar-refractivity contribution in [3.8, 4) is 0 Å². The summed E-state index contributed by atoms with van der Waals surface area (Å²) in [5.74, 6) is -7.05. The van der Waals surface area contributed by atoms with Gasteiger partial charge in [0.15, 0.2) is 17.5 Å². The summed E-state index contributed by atoms with van der Waals surface area (Å²) in [6.45, 7) is -0.180. The van der Waals surface area contributed by atoms with Crippen LogP contribution < -0.4 is 5.32 Å². The number of amides is 2. The molecule has 11 heteroatoms. The summed E-state index contributed by atoms with van der Waals surface area (Å²) in [4.78, 5) is 44.3. The van der Waals surface area contributed by atoms with Crippen LogP contribution in [0.4, 0.5) is 13.2 Å². The van der Waals surface area contributed by atoms with E-state index in [0.717, 1.165) is 62.0 Å². The highest BCUT2D eigenvalue weighted by Gasteiger charge is 2.37. The van der Waals surface area contributed by atoms with Crippen LogP contribution in [0.2, 0.25) is 5.02 Å². The Balaban J connectivity index is 1.81. The maximum absolute atomic E-state index is 14.3. The number of aromatic carboxylic acids is 1. The van der Waals surface area contributed by atoms with Gasteiger partial charge in [0.05, 0.1) is 0 Å². The molecule has 2 aromatic carbocycles. The lowest BCUT2D eigenvalue weighted by Crippen LogP contribution is -2.44. The smallest absolute Gasteiger partial charge is 0.352 e. The highest BCUT2D eigenvalue weighted by Crippen LogP contribution is 2.35. The molecule has 2 amide bonds. The molecule has 236 valence electrons. The summed E-state index contributed by atoms with van der Waals surface area (Å²) < 4.78 is 42.3. The third-order valence-electron chi connectivity index (χ3n) is 7.84. The van der Waals surface area contributed by atoms with Crippen LogP contribution in [0.5, 0.6) is 0 Å². The number of carboxylic acids is 1. The number of aromatic nitrogens is 1. The minimum absolute atomic E-state index is 0.000364. The lowest BCUT2D eigenvalue weighted by molar-refractivity contribution is -0.141. The molecule has 1 atom stereocenters.